The summed E-state index contributed by atoms with van der Waals surface area (Å²) in [6.07, 6.45) is 0. The zero-order valence-electron chi connectivity index (χ0n) is 14.1. The number of aryl methyl sites for hydroxylation is 1. The highest BCUT2D eigenvalue weighted by atomic mass is 32.1. The van der Waals surface area contributed by atoms with E-state index < -0.39 is 0 Å². The van der Waals surface area contributed by atoms with E-state index in [0.717, 1.165) is 11.1 Å². The molecule has 1 atom stereocenters. The van der Waals surface area contributed by atoms with Crippen molar-refractivity contribution >= 4 is 23.7 Å². The van der Waals surface area contributed by atoms with E-state index in [2.05, 4.69) is 39.9 Å². The maximum absolute atomic E-state index is 12.6. The molecule has 1 N–H and O–H groups in total. The molecule has 1 aromatic rings. The molecule has 4 nitrogen and oxygen atoms in total. The summed E-state index contributed by atoms with van der Waals surface area (Å²) in [5.74, 6) is 0.0246. The van der Waals surface area contributed by atoms with Gasteiger partial charge >= 0.3 is 0 Å². The lowest BCUT2D eigenvalue weighted by Gasteiger charge is -2.19. The van der Waals surface area contributed by atoms with Gasteiger partial charge in [0.15, 0.2) is 0 Å². The maximum Gasteiger partial charge on any atom is 0.293 e. The molecule has 22 heavy (non-hydrogen) atoms. The molecule has 5 heteroatoms. The van der Waals surface area contributed by atoms with Gasteiger partial charge in [-0.25, -0.2) is 0 Å². The molecule has 0 bridgehead atoms. The van der Waals surface area contributed by atoms with Crippen LogP contribution in [0.1, 0.15) is 49.7 Å². The van der Waals surface area contributed by atoms with Crippen LogP contribution in [0.25, 0.3) is 0 Å². The van der Waals surface area contributed by atoms with E-state index in [1.54, 1.807) is 11.3 Å². The van der Waals surface area contributed by atoms with Crippen molar-refractivity contribution in [2.45, 2.75) is 47.6 Å². The number of hydrogen-bond donors (Lipinski definition) is 1. The van der Waals surface area contributed by atoms with Gasteiger partial charge in [0.1, 0.15) is 6.61 Å². The predicted octanol–water partition coefficient (Wildman–Crippen LogP) is 3.38. The van der Waals surface area contributed by atoms with Gasteiger partial charge in [0.2, 0.25) is 5.91 Å². The third kappa shape index (κ3) is 2.67. The molecular weight excluding hydrogens is 298 g/mol. The zero-order chi connectivity index (χ0) is 16.7. The van der Waals surface area contributed by atoms with Crippen molar-refractivity contribution in [3.63, 3.8) is 0 Å². The number of thiophene rings is 1. The van der Waals surface area contributed by atoms with E-state index in [1.807, 2.05) is 12.3 Å². The Labute approximate surface area is 136 Å². The second kappa shape index (κ2) is 5.69. The molecule has 2 rings (SSSR count). The van der Waals surface area contributed by atoms with Crippen molar-refractivity contribution in [2.24, 2.45) is 16.7 Å². The van der Waals surface area contributed by atoms with Crippen LogP contribution in [0.3, 0.4) is 0 Å². The van der Waals surface area contributed by atoms with Crippen LogP contribution in [-0.2, 0) is 14.3 Å². The Balaban J connectivity index is 2.16. The molecule has 1 saturated carbocycles. The van der Waals surface area contributed by atoms with Crippen LogP contribution in [0.15, 0.2) is 5.38 Å². The second-order valence-electron chi connectivity index (χ2n) is 7.24. The van der Waals surface area contributed by atoms with Gasteiger partial charge < -0.3 is 10.1 Å². The van der Waals surface area contributed by atoms with Crippen LogP contribution in [0.2, 0.25) is 0 Å². The third-order valence-corrected chi connectivity index (χ3v) is 6.66. The number of hydrogen-bond acceptors (Lipinski definition) is 4. The highest BCUT2D eigenvalue weighted by Gasteiger charge is 2.68. The van der Waals surface area contributed by atoms with Gasteiger partial charge in [0, 0.05) is 10.8 Å². The van der Waals surface area contributed by atoms with Crippen molar-refractivity contribution in [1.29, 1.82) is 0 Å². The zero-order valence-corrected chi connectivity index (χ0v) is 15.0. The van der Waals surface area contributed by atoms with E-state index in [1.165, 1.54) is 4.88 Å². The fourth-order valence-corrected chi connectivity index (χ4v) is 4.27. The minimum atomic E-state index is -0.283. The lowest BCUT2D eigenvalue weighted by molar-refractivity contribution is -0.131. The number of rotatable bonds is 6. The molecule has 0 saturated heterocycles. The summed E-state index contributed by atoms with van der Waals surface area (Å²) in [6.45, 7) is 13.2. The van der Waals surface area contributed by atoms with Gasteiger partial charge in [0.05, 0.1) is 6.04 Å². The first-order valence-corrected chi connectivity index (χ1v) is 8.42. The molecule has 1 fully saturated rings. The summed E-state index contributed by atoms with van der Waals surface area (Å²) in [6, 6.07) is -0.283. The van der Waals surface area contributed by atoms with Crippen LogP contribution in [0.4, 0.5) is 0 Å². The Morgan fingerprint density at radius 1 is 1.36 bits per heavy atom. The largest absolute Gasteiger partial charge is 0.465 e. The van der Waals surface area contributed by atoms with Gasteiger partial charge in [-0.1, -0.05) is 27.7 Å². The first kappa shape index (κ1) is 17.0. The third-order valence-electron chi connectivity index (χ3n) is 5.63. The Kier molecular flexibility index (Phi) is 4.39. The molecule has 1 heterocycles. The predicted molar refractivity (Wildman–Crippen MR) is 87.7 cm³/mol. The molecule has 1 amide bonds. The summed E-state index contributed by atoms with van der Waals surface area (Å²) >= 11 is 1.65. The summed E-state index contributed by atoms with van der Waals surface area (Å²) in [4.78, 5) is 24.4. The van der Waals surface area contributed by atoms with Crippen LogP contribution >= 0.6 is 11.3 Å². The standard InChI is InChI=1S/C17H25NO3S/c1-10-11(2)22-8-12(10)13(7-21-9-19)18-15(20)14-16(3,4)17(14,5)6/h8-9,13-14H,7H2,1-6H3,(H,18,20). The second-order valence-corrected chi connectivity index (χ2v) is 8.32. The quantitative estimate of drug-likeness (QED) is 0.817. The Bertz CT molecular complexity index is 575. The molecule has 1 aromatic heterocycles. The van der Waals surface area contributed by atoms with Crippen LogP contribution < -0.4 is 5.32 Å². The van der Waals surface area contributed by atoms with Crippen molar-refractivity contribution in [1.82, 2.24) is 5.32 Å². The number of amides is 1. The normalized spacial score (nSPS) is 20.3. The highest BCUT2D eigenvalue weighted by molar-refractivity contribution is 7.10. The van der Waals surface area contributed by atoms with Gasteiger partial charge in [-0.15, -0.1) is 11.3 Å². The summed E-state index contributed by atoms with van der Waals surface area (Å²) < 4.78 is 4.93. The van der Waals surface area contributed by atoms with E-state index in [0.29, 0.717) is 6.47 Å². The molecule has 0 aliphatic heterocycles. The van der Waals surface area contributed by atoms with E-state index in [9.17, 15) is 9.59 Å². The molecule has 1 aliphatic carbocycles. The number of nitrogens with one attached hydrogen (secondary N) is 1. The molecule has 1 aliphatic rings. The van der Waals surface area contributed by atoms with Crippen LogP contribution in [0.5, 0.6) is 0 Å². The summed E-state index contributed by atoms with van der Waals surface area (Å²) in [7, 11) is 0. The lowest BCUT2D eigenvalue weighted by Crippen LogP contribution is -2.34. The smallest absolute Gasteiger partial charge is 0.293 e. The van der Waals surface area contributed by atoms with Gasteiger partial charge in [0.25, 0.3) is 6.47 Å². The number of carbonyl (C=O) groups is 2. The summed E-state index contributed by atoms with van der Waals surface area (Å²) in [5.41, 5.74) is 2.17. The fourth-order valence-electron chi connectivity index (χ4n) is 3.33. The van der Waals surface area contributed by atoms with E-state index >= 15 is 0 Å². The van der Waals surface area contributed by atoms with E-state index in [-0.39, 0.29) is 35.3 Å². The Morgan fingerprint density at radius 2 is 1.95 bits per heavy atom. The van der Waals surface area contributed by atoms with Crippen molar-refractivity contribution < 1.29 is 14.3 Å². The van der Waals surface area contributed by atoms with Gasteiger partial charge in [-0.3, -0.25) is 9.59 Å². The molecular formula is C17H25NO3S. The molecule has 0 radical (unpaired) electrons. The average Bonchev–Trinajstić information content (AvgIpc) is 2.65. The Morgan fingerprint density at radius 3 is 2.36 bits per heavy atom. The Hall–Kier alpha value is -1.36. The van der Waals surface area contributed by atoms with Gasteiger partial charge in [-0.05, 0) is 41.2 Å². The molecule has 1 unspecified atom stereocenters. The van der Waals surface area contributed by atoms with Crippen LogP contribution in [0, 0.1) is 30.6 Å². The fraction of sp³-hybridized carbons (Fsp3) is 0.647. The van der Waals surface area contributed by atoms with Crippen molar-refractivity contribution in [3.05, 3.63) is 21.4 Å². The average molecular weight is 323 g/mol. The van der Waals surface area contributed by atoms with Crippen LogP contribution in [-0.4, -0.2) is 19.0 Å². The first-order valence-electron chi connectivity index (χ1n) is 7.54. The number of ether oxygens (including phenoxy) is 1. The minimum absolute atomic E-state index is 0.00719. The van der Waals surface area contributed by atoms with Crippen molar-refractivity contribution in [3.8, 4) is 0 Å². The van der Waals surface area contributed by atoms with Gasteiger partial charge in [-0.2, -0.15) is 0 Å². The maximum atomic E-state index is 12.6. The number of carbonyl (C=O) groups excluding carboxylic acids is 2. The van der Waals surface area contributed by atoms with E-state index in [4.69, 9.17) is 4.74 Å². The highest BCUT2D eigenvalue weighted by Crippen LogP contribution is 2.68. The lowest BCUT2D eigenvalue weighted by atomic mass is 10.0. The topological polar surface area (TPSA) is 55.4 Å². The van der Waals surface area contributed by atoms with Crippen molar-refractivity contribution in [2.75, 3.05) is 6.61 Å². The molecule has 0 aromatic carbocycles. The molecule has 122 valence electrons. The minimum Gasteiger partial charge on any atom is -0.465 e. The molecule has 0 spiro atoms. The summed E-state index contributed by atoms with van der Waals surface area (Å²) in [5, 5.41) is 5.11. The SMILES string of the molecule is Cc1scc(C(COC=O)NC(=O)C2C(C)(C)C2(C)C)c1C. The monoisotopic (exact) mass is 323 g/mol. The first-order chi connectivity index (χ1) is 10.1.